The van der Waals surface area contributed by atoms with Gasteiger partial charge in [-0.1, -0.05) is 18.2 Å². The number of hydrogen-bond donors (Lipinski definition) is 1. The second kappa shape index (κ2) is 6.61. The van der Waals surface area contributed by atoms with Crippen LogP contribution >= 0.6 is 12.4 Å². The number of piperidine rings is 1. The van der Waals surface area contributed by atoms with Gasteiger partial charge in [0.25, 0.3) is 0 Å². The van der Waals surface area contributed by atoms with Gasteiger partial charge in [-0.05, 0) is 46.0 Å². The van der Waals surface area contributed by atoms with Gasteiger partial charge in [0.1, 0.15) is 11.3 Å². The van der Waals surface area contributed by atoms with Gasteiger partial charge in [0.2, 0.25) is 0 Å². The van der Waals surface area contributed by atoms with Crippen molar-refractivity contribution in [2.24, 2.45) is 0 Å². The molecule has 2 heterocycles. The first kappa shape index (κ1) is 15.4. The zero-order valence-corrected chi connectivity index (χ0v) is 13.0. The van der Waals surface area contributed by atoms with E-state index in [1.807, 2.05) is 6.07 Å². The van der Waals surface area contributed by atoms with Crippen molar-refractivity contribution in [2.75, 3.05) is 20.1 Å². The Hall–Kier alpha value is -1.03. The van der Waals surface area contributed by atoms with Crippen LogP contribution in [0.1, 0.15) is 24.2 Å². The van der Waals surface area contributed by atoms with Gasteiger partial charge in [0, 0.05) is 23.5 Å². The summed E-state index contributed by atoms with van der Waals surface area (Å²) in [5, 5.41) is 4.65. The zero-order chi connectivity index (χ0) is 13.2. The highest BCUT2D eigenvalue weighted by Crippen LogP contribution is 2.27. The Kier molecular flexibility index (Phi) is 5.08. The number of halogens is 1. The summed E-state index contributed by atoms with van der Waals surface area (Å²) >= 11 is 0. The number of likely N-dealkylation sites (tertiary alicyclic amines) is 1. The van der Waals surface area contributed by atoms with E-state index in [9.17, 15) is 0 Å². The number of nitrogens with zero attached hydrogens (tertiary/aromatic N) is 1. The Morgan fingerprint density at radius 1 is 1.25 bits per heavy atom. The van der Waals surface area contributed by atoms with Crippen LogP contribution in [0.25, 0.3) is 11.0 Å². The molecule has 0 radical (unpaired) electrons. The van der Waals surface area contributed by atoms with Crippen LogP contribution in [-0.4, -0.2) is 31.1 Å². The van der Waals surface area contributed by atoms with E-state index < -0.39 is 0 Å². The van der Waals surface area contributed by atoms with Crippen LogP contribution in [0.4, 0.5) is 0 Å². The molecule has 0 unspecified atom stereocenters. The average Bonchev–Trinajstić information content (AvgIpc) is 2.76. The molecular weight excluding hydrogens is 272 g/mol. The van der Waals surface area contributed by atoms with Crippen LogP contribution in [0, 0.1) is 6.92 Å². The van der Waals surface area contributed by atoms with Crippen molar-refractivity contribution in [1.29, 1.82) is 0 Å². The molecule has 3 rings (SSSR count). The minimum Gasteiger partial charge on any atom is -0.461 e. The lowest BCUT2D eigenvalue weighted by molar-refractivity contribution is 0.194. The Balaban J connectivity index is 0.00000147. The number of rotatable bonds is 3. The highest BCUT2D eigenvalue weighted by Gasteiger charge is 2.20. The first-order valence-corrected chi connectivity index (χ1v) is 7.14. The summed E-state index contributed by atoms with van der Waals surface area (Å²) in [5.74, 6) is 1.07. The number of hydrogen-bond acceptors (Lipinski definition) is 3. The Labute approximate surface area is 126 Å². The van der Waals surface area contributed by atoms with E-state index in [0.29, 0.717) is 6.04 Å². The maximum Gasteiger partial charge on any atom is 0.134 e. The lowest BCUT2D eigenvalue weighted by Gasteiger charge is -2.31. The molecule has 0 atom stereocenters. The molecule has 0 saturated carbocycles. The summed E-state index contributed by atoms with van der Waals surface area (Å²) in [5.41, 5.74) is 2.37. The number of nitrogens with one attached hydrogen (secondary N) is 1. The minimum absolute atomic E-state index is 0. The van der Waals surface area contributed by atoms with E-state index in [-0.39, 0.29) is 12.4 Å². The molecule has 0 amide bonds. The molecule has 20 heavy (non-hydrogen) atoms. The first-order valence-electron chi connectivity index (χ1n) is 7.14. The van der Waals surface area contributed by atoms with Crippen molar-refractivity contribution in [3.8, 4) is 0 Å². The predicted molar refractivity (Wildman–Crippen MR) is 85.6 cm³/mol. The summed E-state index contributed by atoms with van der Waals surface area (Å²) in [6, 6.07) is 9.04. The van der Waals surface area contributed by atoms with Crippen molar-refractivity contribution >= 4 is 23.4 Å². The standard InChI is InChI=1S/C16H22N2O.ClH/c1-12-15(14-5-3-4-6-16(14)19-12)11-18-9-7-13(17-2)8-10-18;/h3-6,13,17H,7-11H2,1-2H3;1H. The van der Waals surface area contributed by atoms with Crippen LogP contribution < -0.4 is 5.32 Å². The highest BCUT2D eigenvalue weighted by atomic mass is 35.5. The summed E-state index contributed by atoms with van der Waals surface area (Å²) in [6.45, 7) is 5.43. The Morgan fingerprint density at radius 2 is 1.95 bits per heavy atom. The van der Waals surface area contributed by atoms with Crippen molar-refractivity contribution in [1.82, 2.24) is 10.2 Å². The average molecular weight is 295 g/mol. The third-order valence-electron chi connectivity index (χ3n) is 4.28. The van der Waals surface area contributed by atoms with Gasteiger partial charge in [-0.25, -0.2) is 0 Å². The van der Waals surface area contributed by atoms with Gasteiger partial charge >= 0.3 is 0 Å². The van der Waals surface area contributed by atoms with Crippen LogP contribution in [0.3, 0.4) is 0 Å². The predicted octanol–water partition coefficient (Wildman–Crippen LogP) is 3.35. The molecule has 0 spiro atoms. The molecule has 1 aliphatic heterocycles. The van der Waals surface area contributed by atoms with Crippen LogP contribution in [-0.2, 0) is 6.54 Å². The number of furan rings is 1. The third-order valence-corrected chi connectivity index (χ3v) is 4.28. The Morgan fingerprint density at radius 3 is 2.65 bits per heavy atom. The lowest BCUT2D eigenvalue weighted by atomic mass is 10.0. The maximum absolute atomic E-state index is 5.84. The second-order valence-electron chi connectivity index (χ2n) is 5.47. The summed E-state index contributed by atoms with van der Waals surface area (Å²) < 4.78 is 5.84. The summed E-state index contributed by atoms with van der Waals surface area (Å²) in [6.07, 6.45) is 2.48. The fourth-order valence-corrected chi connectivity index (χ4v) is 3.02. The first-order chi connectivity index (χ1) is 9.28. The van der Waals surface area contributed by atoms with E-state index in [2.05, 4.69) is 42.4 Å². The SMILES string of the molecule is CNC1CCN(Cc2c(C)oc3ccccc23)CC1.Cl. The van der Waals surface area contributed by atoms with Crippen LogP contribution in [0.15, 0.2) is 28.7 Å². The summed E-state index contributed by atoms with van der Waals surface area (Å²) in [4.78, 5) is 2.54. The Bertz CT molecular complexity index is 559. The molecule has 0 bridgehead atoms. The van der Waals surface area contributed by atoms with Crippen molar-refractivity contribution in [2.45, 2.75) is 32.4 Å². The van der Waals surface area contributed by atoms with Gasteiger partial charge in [0.05, 0.1) is 0 Å². The molecule has 2 aromatic rings. The molecule has 1 aromatic carbocycles. The molecule has 1 saturated heterocycles. The van der Waals surface area contributed by atoms with E-state index in [1.54, 1.807) is 0 Å². The number of benzene rings is 1. The van der Waals surface area contributed by atoms with Crippen molar-refractivity contribution < 1.29 is 4.42 Å². The minimum atomic E-state index is 0. The molecular formula is C16H23ClN2O. The maximum atomic E-state index is 5.84. The molecule has 1 fully saturated rings. The topological polar surface area (TPSA) is 28.4 Å². The second-order valence-corrected chi connectivity index (χ2v) is 5.47. The molecule has 110 valence electrons. The number of para-hydroxylation sites is 1. The van der Waals surface area contributed by atoms with Gasteiger partial charge in [0.15, 0.2) is 0 Å². The zero-order valence-electron chi connectivity index (χ0n) is 12.2. The van der Waals surface area contributed by atoms with Gasteiger partial charge < -0.3 is 9.73 Å². The van der Waals surface area contributed by atoms with Crippen molar-refractivity contribution in [3.05, 3.63) is 35.6 Å². The molecule has 1 aromatic heterocycles. The third kappa shape index (κ3) is 3.00. The molecule has 3 nitrogen and oxygen atoms in total. The van der Waals surface area contributed by atoms with E-state index >= 15 is 0 Å². The van der Waals surface area contributed by atoms with E-state index in [0.717, 1.165) is 17.9 Å². The van der Waals surface area contributed by atoms with Gasteiger partial charge in [-0.2, -0.15) is 0 Å². The van der Waals surface area contributed by atoms with E-state index in [1.165, 1.54) is 36.9 Å². The quantitative estimate of drug-likeness (QED) is 0.941. The van der Waals surface area contributed by atoms with Crippen LogP contribution in [0.2, 0.25) is 0 Å². The van der Waals surface area contributed by atoms with Gasteiger partial charge in [-0.3, -0.25) is 4.90 Å². The largest absolute Gasteiger partial charge is 0.461 e. The van der Waals surface area contributed by atoms with Crippen molar-refractivity contribution in [3.63, 3.8) is 0 Å². The summed E-state index contributed by atoms with van der Waals surface area (Å²) in [7, 11) is 2.06. The fourth-order valence-electron chi connectivity index (χ4n) is 3.02. The fraction of sp³-hybridized carbons (Fsp3) is 0.500. The monoisotopic (exact) mass is 294 g/mol. The normalized spacial score (nSPS) is 17.3. The molecule has 0 aliphatic carbocycles. The highest BCUT2D eigenvalue weighted by molar-refractivity contribution is 5.85. The van der Waals surface area contributed by atoms with E-state index in [4.69, 9.17) is 4.42 Å². The number of fused-ring (bicyclic) bond motifs is 1. The smallest absolute Gasteiger partial charge is 0.134 e. The molecule has 1 N–H and O–H groups in total. The van der Waals surface area contributed by atoms with Crippen LogP contribution in [0.5, 0.6) is 0 Å². The molecule has 1 aliphatic rings. The molecule has 4 heteroatoms. The van der Waals surface area contributed by atoms with Gasteiger partial charge in [-0.15, -0.1) is 12.4 Å². The lowest BCUT2D eigenvalue weighted by Crippen LogP contribution is -2.40. The number of aryl methyl sites for hydroxylation is 1.